The summed E-state index contributed by atoms with van der Waals surface area (Å²) in [6.07, 6.45) is -2.61. The summed E-state index contributed by atoms with van der Waals surface area (Å²) < 4.78 is 62.6. The van der Waals surface area contributed by atoms with Crippen molar-refractivity contribution in [1.82, 2.24) is 25.2 Å². The molecule has 9 nitrogen and oxygen atoms in total. The summed E-state index contributed by atoms with van der Waals surface area (Å²) in [4.78, 5) is 25.1. The predicted molar refractivity (Wildman–Crippen MR) is 120 cm³/mol. The van der Waals surface area contributed by atoms with Gasteiger partial charge in [-0.2, -0.15) is 0 Å². The Labute approximate surface area is 203 Å². The first-order valence-electron chi connectivity index (χ1n) is 11.5. The number of fused-ring (bicyclic) bond motifs is 1. The van der Waals surface area contributed by atoms with Gasteiger partial charge in [0.15, 0.2) is 5.65 Å². The molecule has 3 atom stereocenters. The fourth-order valence-electron chi connectivity index (χ4n) is 4.99. The molecule has 4 N–H and O–H groups in total. The highest BCUT2D eigenvalue weighted by molar-refractivity contribution is 5.76. The molecule has 0 saturated carbocycles. The lowest BCUT2D eigenvalue weighted by Crippen LogP contribution is -2.36. The number of amides is 1. The summed E-state index contributed by atoms with van der Waals surface area (Å²) in [6.45, 7) is 2.12. The monoisotopic (exact) mass is 508 g/mol. The van der Waals surface area contributed by atoms with Crippen LogP contribution in [-0.2, 0) is 9.53 Å². The van der Waals surface area contributed by atoms with Crippen LogP contribution in [0.4, 0.5) is 23.2 Å². The molecule has 1 aromatic carbocycles. The smallest absolute Gasteiger partial charge is 0.406 e. The molecule has 3 unspecified atom stereocenters. The number of H-pyrrole nitrogens is 1. The second-order valence-corrected chi connectivity index (χ2v) is 8.82. The quantitative estimate of drug-likeness (QED) is 0.275. The van der Waals surface area contributed by atoms with Gasteiger partial charge in [0.05, 0.1) is 24.4 Å². The Hall–Kier alpha value is -3.45. The molecule has 5 rings (SSSR count). The number of aromatic nitrogens is 3. The SMILES string of the molecule is Nc1cc(OC(F)(F)F)ccc1C1CC(c2c(F)cnc3nc(C4CNCCO4)[nH]c23)CCN1C=O. The number of alkyl halides is 3. The van der Waals surface area contributed by atoms with Gasteiger partial charge in [-0.1, -0.05) is 6.07 Å². The molecule has 0 spiro atoms. The van der Waals surface area contributed by atoms with E-state index in [0.717, 1.165) is 24.9 Å². The Kier molecular flexibility index (Phi) is 6.43. The largest absolute Gasteiger partial charge is 0.573 e. The van der Waals surface area contributed by atoms with Crippen molar-refractivity contribution >= 4 is 23.3 Å². The maximum absolute atomic E-state index is 15.2. The Bertz CT molecular complexity index is 1260. The van der Waals surface area contributed by atoms with Gasteiger partial charge < -0.3 is 30.4 Å². The minimum Gasteiger partial charge on any atom is -0.406 e. The van der Waals surface area contributed by atoms with Gasteiger partial charge in [0.25, 0.3) is 0 Å². The van der Waals surface area contributed by atoms with Crippen LogP contribution in [0.2, 0.25) is 0 Å². The van der Waals surface area contributed by atoms with Gasteiger partial charge >= 0.3 is 6.36 Å². The van der Waals surface area contributed by atoms with Crippen molar-refractivity contribution in [3.8, 4) is 5.75 Å². The van der Waals surface area contributed by atoms with E-state index in [2.05, 4.69) is 25.0 Å². The molecule has 2 aliphatic heterocycles. The summed E-state index contributed by atoms with van der Waals surface area (Å²) >= 11 is 0. The van der Waals surface area contributed by atoms with Crippen molar-refractivity contribution in [1.29, 1.82) is 0 Å². The number of rotatable bonds is 5. The van der Waals surface area contributed by atoms with Crippen LogP contribution in [0.3, 0.4) is 0 Å². The molecule has 2 aromatic heterocycles. The molecule has 192 valence electrons. The number of piperidine rings is 1. The van der Waals surface area contributed by atoms with Gasteiger partial charge in [-0.15, -0.1) is 13.2 Å². The third-order valence-corrected chi connectivity index (χ3v) is 6.60. The van der Waals surface area contributed by atoms with E-state index in [1.54, 1.807) is 0 Å². The first-order valence-corrected chi connectivity index (χ1v) is 11.5. The number of nitrogens with zero attached hydrogens (tertiary/aromatic N) is 3. The summed E-state index contributed by atoms with van der Waals surface area (Å²) in [7, 11) is 0. The number of hydrogen-bond acceptors (Lipinski definition) is 7. The lowest BCUT2D eigenvalue weighted by Gasteiger charge is -2.38. The second kappa shape index (κ2) is 9.54. The minimum atomic E-state index is -4.86. The van der Waals surface area contributed by atoms with Crippen LogP contribution in [-0.4, -0.2) is 58.9 Å². The van der Waals surface area contributed by atoms with Crippen molar-refractivity contribution in [3.05, 3.63) is 47.2 Å². The molecule has 36 heavy (non-hydrogen) atoms. The Morgan fingerprint density at radius 3 is 2.83 bits per heavy atom. The van der Waals surface area contributed by atoms with Crippen molar-refractivity contribution in [2.24, 2.45) is 0 Å². The van der Waals surface area contributed by atoms with E-state index in [0.29, 0.717) is 67.1 Å². The van der Waals surface area contributed by atoms with Crippen LogP contribution in [0.5, 0.6) is 5.75 Å². The zero-order valence-electron chi connectivity index (χ0n) is 19.0. The standard InChI is InChI=1S/C23H24F4N6O3/c24-15-9-30-22-20(31-21(32-22)18-10-29-4-6-35-18)19(15)12-3-5-33(11-34)17(7-12)14-2-1-13(8-16(14)28)36-23(25,26)27/h1-2,8-9,11-12,17-18,29H,3-7,10,28H2,(H,30,31,32). The van der Waals surface area contributed by atoms with Gasteiger partial charge in [-0.3, -0.25) is 4.79 Å². The highest BCUT2D eigenvalue weighted by atomic mass is 19.4. The van der Waals surface area contributed by atoms with Crippen molar-refractivity contribution < 1.29 is 31.8 Å². The van der Waals surface area contributed by atoms with Gasteiger partial charge in [-0.05, 0) is 30.4 Å². The fraction of sp³-hybridized carbons (Fsp3) is 0.435. The van der Waals surface area contributed by atoms with Crippen LogP contribution in [0.25, 0.3) is 11.2 Å². The van der Waals surface area contributed by atoms with Crippen LogP contribution in [0, 0.1) is 5.82 Å². The van der Waals surface area contributed by atoms with Gasteiger partial charge in [0.1, 0.15) is 23.5 Å². The fourth-order valence-corrected chi connectivity index (χ4v) is 4.99. The first kappa shape index (κ1) is 24.3. The van der Waals surface area contributed by atoms with Gasteiger partial charge in [0.2, 0.25) is 6.41 Å². The number of carbonyl (C=O) groups excluding carboxylic acids is 1. The maximum Gasteiger partial charge on any atom is 0.573 e. The molecule has 2 saturated heterocycles. The van der Waals surface area contributed by atoms with E-state index in [1.807, 2.05) is 0 Å². The number of ether oxygens (including phenoxy) is 2. The summed E-state index contributed by atoms with van der Waals surface area (Å²) in [5, 5.41) is 3.22. The number of pyridine rings is 1. The molecule has 0 radical (unpaired) electrons. The lowest BCUT2D eigenvalue weighted by atomic mass is 9.82. The number of likely N-dealkylation sites (tertiary alicyclic amines) is 1. The van der Waals surface area contributed by atoms with E-state index >= 15 is 4.39 Å². The molecule has 4 heterocycles. The average Bonchev–Trinajstić information content (AvgIpc) is 3.28. The number of nitrogens with one attached hydrogen (secondary N) is 2. The number of halogens is 4. The zero-order valence-corrected chi connectivity index (χ0v) is 19.0. The van der Waals surface area contributed by atoms with Crippen molar-refractivity contribution in [2.45, 2.75) is 37.3 Å². The van der Waals surface area contributed by atoms with Crippen LogP contribution < -0.4 is 15.8 Å². The van der Waals surface area contributed by atoms with Crippen LogP contribution in [0.1, 0.15) is 47.9 Å². The van der Waals surface area contributed by atoms with Gasteiger partial charge in [0, 0.05) is 37.0 Å². The Morgan fingerprint density at radius 1 is 1.31 bits per heavy atom. The number of benzene rings is 1. The Balaban J connectivity index is 1.47. The van der Waals surface area contributed by atoms with Crippen molar-refractivity contribution in [2.75, 3.05) is 32.0 Å². The number of hydrogen-bond donors (Lipinski definition) is 3. The van der Waals surface area contributed by atoms with Crippen molar-refractivity contribution in [3.63, 3.8) is 0 Å². The summed E-state index contributed by atoms with van der Waals surface area (Å²) in [6, 6.07) is 3.05. The van der Waals surface area contributed by atoms with E-state index in [-0.39, 0.29) is 17.7 Å². The number of morpholine rings is 1. The van der Waals surface area contributed by atoms with Crippen LogP contribution >= 0.6 is 0 Å². The number of nitrogen functional groups attached to an aromatic ring is 1. The normalized spacial score (nSPS) is 23.1. The summed E-state index contributed by atoms with van der Waals surface area (Å²) in [5.41, 5.74) is 7.79. The molecule has 0 aliphatic carbocycles. The van der Waals surface area contributed by atoms with E-state index in [9.17, 15) is 18.0 Å². The first-order chi connectivity index (χ1) is 17.2. The minimum absolute atomic E-state index is 0.0420. The maximum atomic E-state index is 15.2. The molecule has 2 fully saturated rings. The van der Waals surface area contributed by atoms with Gasteiger partial charge in [-0.25, -0.2) is 14.4 Å². The summed E-state index contributed by atoms with van der Waals surface area (Å²) in [5.74, 6) is -0.755. The number of nitrogens with two attached hydrogens (primary N) is 1. The molecular weight excluding hydrogens is 484 g/mol. The third-order valence-electron chi connectivity index (χ3n) is 6.60. The van der Waals surface area contributed by atoms with Crippen LogP contribution in [0.15, 0.2) is 24.4 Å². The van der Waals surface area contributed by atoms with E-state index in [4.69, 9.17) is 10.5 Å². The average molecular weight is 508 g/mol. The molecular formula is C23H24F4N6O3. The number of carbonyl (C=O) groups is 1. The molecule has 13 heteroatoms. The predicted octanol–water partition coefficient (Wildman–Crippen LogP) is 3.32. The molecule has 0 bridgehead atoms. The number of aromatic amines is 1. The third kappa shape index (κ3) is 4.80. The van der Waals surface area contributed by atoms with E-state index in [1.165, 1.54) is 11.0 Å². The second-order valence-electron chi connectivity index (χ2n) is 8.82. The topological polar surface area (TPSA) is 118 Å². The van der Waals surface area contributed by atoms with E-state index < -0.39 is 24.0 Å². The highest BCUT2D eigenvalue weighted by Gasteiger charge is 2.35. The molecule has 3 aromatic rings. The number of imidazole rings is 1. The number of anilines is 1. The zero-order chi connectivity index (χ0) is 25.4. The highest BCUT2D eigenvalue weighted by Crippen LogP contribution is 2.43. The molecule has 1 amide bonds. The Morgan fingerprint density at radius 2 is 2.14 bits per heavy atom. The lowest BCUT2D eigenvalue weighted by molar-refractivity contribution is -0.274. The molecule has 2 aliphatic rings.